The highest BCUT2D eigenvalue weighted by molar-refractivity contribution is 6.31. The Labute approximate surface area is 213 Å². The molecular weight excluding hydrogens is 472 g/mol. The summed E-state index contributed by atoms with van der Waals surface area (Å²) in [5, 5.41) is 6.29. The van der Waals surface area contributed by atoms with Gasteiger partial charge in [-0.15, -0.1) is 0 Å². The standard InChI is InChI=1S/C30H25ClN2O3/c1-18-15-29(34)36-28-17-22(12-13-23(18)28)35-21-10-8-20(9-11-21)32-30-24-5-3-2-4-6-26(24)33-27-14-7-19(31)16-25(27)30/h7-17H,2-6H2,1H3,(H,32,33). The van der Waals surface area contributed by atoms with Crippen molar-refractivity contribution in [1.82, 2.24) is 4.98 Å². The Kier molecular flexibility index (Phi) is 5.86. The zero-order valence-electron chi connectivity index (χ0n) is 19.9. The lowest BCUT2D eigenvalue weighted by molar-refractivity contribution is 0.480. The van der Waals surface area contributed by atoms with E-state index in [9.17, 15) is 4.79 Å². The number of nitrogens with zero attached hydrogens (tertiary/aromatic N) is 1. The maximum atomic E-state index is 11.7. The summed E-state index contributed by atoms with van der Waals surface area (Å²) in [7, 11) is 0. The summed E-state index contributed by atoms with van der Waals surface area (Å²) >= 11 is 6.36. The molecule has 0 fully saturated rings. The predicted molar refractivity (Wildman–Crippen MR) is 145 cm³/mol. The Hall–Kier alpha value is -3.83. The zero-order valence-corrected chi connectivity index (χ0v) is 20.7. The van der Waals surface area contributed by atoms with Gasteiger partial charge < -0.3 is 14.5 Å². The number of pyridine rings is 1. The van der Waals surface area contributed by atoms with Gasteiger partial charge in [-0.1, -0.05) is 18.0 Å². The first kappa shape index (κ1) is 22.6. The quantitative estimate of drug-likeness (QED) is 0.201. The molecule has 0 unspecified atom stereocenters. The maximum absolute atomic E-state index is 11.7. The molecule has 0 saturated heterocycles. The van der Waals surface area contributed by atoms with Crippen LogP contribution < -0.4 is 15.7 Å². The molecule has 180 valence electrons. The molecular formula is C30H25ClN2O3. The van der Waals surface area contributed by atoms with E-state index >= 15 is 0 Å². The Balaban J connectivity index is 1.30. The van der Waals surface area contributed by atoms with Crippen LogP contribution in [0.1, 0.15) is 36.1 Å². The minimum Gasteiger partial charge on any atom is -0.457 e. The normalized spacial score (nSPS) is 13.4. The van der Waals surface area contributed by atoms with Gasteiger partial charge in [-0.05, 0) is 98.3 Å². The number of anilines is 2. The molecule has 0 aliphatic heterocycles. The fourth-order valence-corrected chi connectivity index (χ4v) is 5.14. The van der Waals surface area contributed by atoms with Crippen molar-refractivity contribution in [2.75, 3.05) is 5.32 Å². The van der Waals surface area contributed by atoms with Gasteiger partial charge in [0.25, 0.3) is 0 Å². The highest BCUT2D eigenvalue weighted by Crippen LogP contribution is 2.36. The summed E-state index contributed by atoms with van der Waals surface area (Å²) in [6.45, 7) is 1.89. The second kappa shape index (κ2) is 9.32. The van der Waals surface area contributed by atoms with E-state index in [-0.39, 0.29) is 5.63 Å². The van der Waals surface area contributed by atoms with Crippen molar-refractivity contribution in [1.29, 1.82) is 0 Å². The van der Waals surface area contributed by atoms with Crippen molar-refractivity contribution in [2.24, 2.45) is 0 Å². The van der Waals surface area contributed by atoms with Crippen LogP contribution in [0, 0.1) is 6.92 Å². The van der Waals surface area contributed by atoms with Gasteiger partial charge in [0.15, 0.2) is 0 Å². The molecule has 6 rings (SSSR count). The SMILES string of the molecule is Cc1cc(=O)oc2cc(Oc3ccc(Nc4c5c(nc6ccc(Cl)cc46)CCCCC5)cc3)ccc12. The van der Waals surface area contributed by atoms with Crippen LogP contribution in [-0.4, -0.2) is 4.98 Å². The van der Waals surface area contributed by atoms with Crippen LogP contribution in [0.3, 0.4) is 0 Å². The van der Waals surface area contributed by atoms with E-state index in [0.717, 1.165) is 52.5 Å². The molecule has 0 bridgehead atoms. The number of aryl methyl sites for hydroxylation is 2. The third kappa shape index (κ3) is 4.42. The average molecular weight is 497 g/mol. The minimum absolute atomic E-state index is 0.365. The molecule has 6 heteroatoms. The fraction of sp³-hybridized carbons (Fsp3) is 0.200. The van der Waals surface area contributed by atoms with Crippen molar-refractivity contribution < 1.29 is 9.15 Å². The van der Waals surface area contributed by atoms with E-state index in [4.69, 9.17) is 25.7 Å². The highest BCUT2D eigenvalue weighted by atomic mass is 35.5. The van der Waals surface area contributed by atoms with E-state index in [2.05, 4.69) is 5.32 Å². The van der Waals surface area contributed by atoms with Gasteiger partial charge in [0.05, 0.1) is 11.2 Å². The van der Waals surface area contributed by atoms with Gasteiger partial charge in [0.1, 0.15) is 17.1 Å². The lowest BCUT2D eigenvalue weighted by Gasteiger charge is -2.18. The first-order valence-electron chi connectivity index (χ1n) is 12.2. The largest absolute Gasteiger partial charge is 0.457 e. The van der Waals surface area contributed by atoms with E-state index in [1.54, 1.807) is 6.07 Å². The van der Waals surface area contributed by atoms with Crippen molar-refractivity contribution >= 4 is 44.8 Å². The molecule has 1 N–H and O–H groups in total. The van der Waals surface area contributed by atoms with Crippen LogP contribution in [0.4, 0.5) is 11.4 Å². The Morgan fingerprint density at radius 3 is 2.56 bits per heavy atom. The van der Waals surface area contributed by atoms with Gasteiger partial charge in [-0.3, -0.25) is 4.98 Å². The van der Waals surface area contributed by atoms with Crippen molar-refractivity contribution in [2.45, 2.75) is 39.0 Å². The number of hydrogen-bond acceptors (Lipinski definition) is 5. The van der Waals surface area contributed by atoms with Crippen molar-refractivity contribution in [3.8, 4) is 11.5 Å². The molecule has 0 amide bonds. The van der Waals surface area contributed by atoms with Crippen LogP contribution in [0.5, 0.6) is 11.5 Å². The first-order chi connectivity index (χ1) is 17.5. The Morgan fingerprint density at radius 1 is 0.889 bits per heavy atom. The van der Waals surface area contributed by atoms with Gasteiger partial charge in [-0.2, -0.15) is 0 Å². The second-order valence-electron chi connectivity index (χ2n) is 9.29. The topological polar surface area (TPSA) is 64.4 Å². The monoisotopic (exact) mass is 496 g/mol. The zero-order chi connectivity index (χ0) is 24.6. The van der Waals surface area contributed by atoms with Crippen LogP contribution in [0.15, 0.2) is 75.9 Å². The molecule has 2 heterocycles. The molecule has 5 nitrogen and oxygen atoms in total. The average Bonchev–Trinajstić information content (AvgIpc) is 3.10. The fourth-order valence-electron chi connectivity index (χ4n) is 4.97. The Bertz CT molecular complexity index is 1660. The molecule has 36 heavy (non-hydrogen) atoms. The highest BCUT2D eigenvalue weighted by Gasteiger charge is 2.18. The molecule has 5 aromatic rings. The number of benzene rings is 3. The number of ether oxygens (including phenoxy) is 1. The number of fused-ring (bicyclic) bond motifs is 3. The van der Waals surface area contributed by atoms with E-state index in [0.29, 0.717) is 22.1 Å². The molecule has 0 radical (unpaired) electrons. The summed E-state index contributed by atoms with van der Waals surface area (Å²) in [6.07, 6.45) is 5.55. The van der Waals surface area contributed by atoms with Crippen LogP contribution in [0.25, 0.3) is 21.9 Å². The summed E-state index contributed by atoms with van der Waals surface area (Å²) in [6, 6.07) is 20.8. The van der Waals surface area contributed by atoms with Crippen LogP contribution in [0.2, 0.25) is 5.02 Å². The van der Waals surface area contributed by atoms with Crippen LogP contribution >= 0.6 is 11.6 Å². The number of aromatic nitrogens is 1. The lowest BCUT2D eigenvalue weighted by atomic mass is 10.0. The molecule has 1 aliphatic carbocycles. The summed E-state index contributed by atoms with van der Waals surface area (Å²) in [4.78, 5) is 16.7. The van der Waals surface area contributed by atoms with Gasteiger partial charge in [0, 0.05) is 39.3 Å². The van der Waals surface area contributed by atoms with Crippen LogP contribution in [-0.2, 0) is 12.8 Å². The third-order valence-corrected chi connectivity index (χ3v) is 6.99. The number of nitrogens with one attached hydrogen (secondary N) is 1. The van der Waals surface area contributed by atoms with Gasteiger partial charge in [-0.25, -0.2) is 4.79 Å². The molecule has 2 aromatic heterocycles. The third-order valence-electron chi connectivity index (χ3n) is 6.76. The van der Waals surface area contributed by atoms with Gasteiger partial charge in [0.2, 0.25) is 0 Å². The Morgan fingerprint density at radius 2 is 1.69 bits per heavy atom. The van der Waals surface area contributed by atoms with E-state index in [1.165, 1.54) is 30.2 Å². The molecule has 0 spiro atoms. The predicted octanol–water partition coefficient (Wildman–Crippen LogP) is 8.11. The van der Waals surface area contributed by atoms with E-state index in [1.807, 2.05) is 61.5 Å². The first-order valence-corrected chi connectivity index (χ1v) is 12.6. The summed E-state index contributed by atoms with van der Waals surface area (Å²) in [5.41, 5.74) is 6.51. The minimum atomic E-state index is -0.365. The number of halogens is 1. The lowest BCUT2D eigenvalue weighted by Crippen LogP contribution is -2.04. The molecule has 0 atom stereocenters. The molecule has 3 aromatic carbocycles. The molecule has 0 saturated carbocycles. The van der Waals surface area contributed by atoms with E-state index < -0.39 is 0 Å². The number of rotatable bonds is 4. The van der Waals surface area contributed by atoms with Crippen molar-refractivity contribution in [3.05, 3.63) is 99.0 Å². The van der Waals surface area contributed by atoms with Crippen molar-refractivity contribution in [3.63, 3.8) is 0 Å². The second-order valence-corrected chi connectivity index (χ2v) is 9.73. The molecule has 1 aliphatic rings. The van der Waals surface area contributed by atoms with Gasteiger partial charge >= 0.3 is 5.63 Å². The smallest absolute Gasteiger partial charge is 0.336 e. The summed E-state index contributed by atoms with van der Waals surface area (Å²) < 4.78 is 11.4. The maximum Gasteiger partial charge on any atom is 0.336 e. The number of hydrogen-bond donors (Lipinski definition) is 1. The summed E-state index contributed by atoms with van der Waals surface area (Å²) in [5.74, 6) is 1.30.